The summed E-state index contributed by atoms with van der Waals surface area (Å²) in [6.45, 7) is 4.09. The standard InChI is InChI=1S/C25H24F4N6O/c1-14(17-11-20(25(27,28)29)32-12-19(17)26)23(36)35-9-6-24(13-35)5-4-16-10-18(15(2)33-21(16)34-24)22-30-7-3-8-31-22/h3,7-8,10-12,14H,4-6,9,13H2,1-2H3,(H,33,34)/t14-,24-/m0/s1. The number of alkyl halides is 3. The van der Waals surface area contributed by atoms with Gasteiger partial charge in [-0.1, -0.05) is 0 Å². The summed E-state index contributed by atoms with van der Waals surface area (Å²) < 4.78 is 53.6. The molecule has 5 heterocycles. The molecule has 0 radical (unpaired) electrons. The lowest BCUT2D eigenvalue weighted by atomic mass is 9.86. The highest BCUT2D eigenvalue weighted by molar-refractivity contribution is 5.84. The van der Waals surface area contributed by atoms with E-state index in [4.69, 9.17) is 4.98 Å². The van der Waals surface area contributed by atoms with Crippen molar-refractivity contribution in [2.24, 2.45) is 0 Å². The van der Waals surface area contributed by atoms with Gasteiger partial charge in [0.15, 0.2) is 5.82 Å². The molecule has 0 unspecified atom stereocenters. The maximum Gasteiger partial charge on any atom is 0.433 e. The van der Waals surface area contributed by atoms with Crippen LogP contribution in [0.4, 0.5) is 23.4 Å². The van der Waals surface area contributed by atoms with Crippen LogP contribution in [0, 0.1) is 12.7 Å². The SMILES string of the molecule is Cc1nc2c(cc1-c1ncccn1)CC[C@@]1(CCN(C(=O)[C@@H](C)c3cc(C(F)(F)F)ncc3F)C1)N2. The summed E-state index contributed by atoms with van der Waals surface area (Å²) in [6.07, 6.45) is 1.31. The second kappa shape index (κ2) is 8.79. The van der Waals surface area contributed by atoms with Crippen LogP contribution < -0.4 is 5.32 Å². The van der Waals surface area contributed by atoms with Crippen molar-refractivity contribution in [3.05, 3.63) is 65.1 Å². The van der Waals surface area contributed by atoms with Crippen LogP contribution in [-0.4, -0.2) is 49.4 Å². The Labute approximate surface area is 205 Å². The molecule has 3 aromatic heterocycles. The highest BCUT2D eigenvalue weighted by Crippen LogP contribution is 2.39. The van der Waals surface area contributed by atoms with Crippen molar-refractivity contribution in [3.8, 4) is 11.4 Å². The third-order valence-corrected chi connectivity index (χ3v) is 7.03. The predicted molar refractivity (Wildman–Crippen MR) is 123 cm³/mol. The Kier molecular flexibility index (Phi) is 5.88. The van der Waals surface area contributed by atoms with E-state index in [9.17, 15) is 22.4 Å². The number of nitrogens with one attached hydrogen (secondary N) is 1. The number of nitrogens with zero attached hydrogens (tertiary/aromatic N) is 5. The molecule has 2 aliphatic rings. The molecule has 5 rings (SSSR count). The molecule has 0 saturated carbocycles. The third-order valence-electron chi connectivity index (χ3n) is 7.03. The molecule has 1 N–H and O–H groups in total. The van der Waals surface area contributed by atoms with Crippen LogP contribution in [0.15, 0.2) is 36.8 Å². The molecule has 3 aromatic rings. The molecule has 1 fully saturated rings. The Hall–Kier alpha value is -3.63. The minimum absolute atomic E-state index is 0.307. The largest absolute Gasteiger partial charge is 0.433 e. The lowest BCUT2D eigenvalue weighted by Gasteiger charge is -2.36. The minimum Gasteiger partial charge on any atom is -0.363 e. The zero-order valence-electron chi connectivity index (χ0n) is 19.7. The molecular formula is C25H24F4N6O. The van der Waals surface area contributed by atoms with E-state index in [1.807, 2.05) is 13.0 Å². The highest BCUT2D eigenvalue weighted by atomic mass is 19.4. The lowest BCUT2D eigenvalue weighted by Crippen LogP contribution is -2.46. The van der Waals surface area contributed by atoms with Crippen LogP contribution in [0.1, 0.15) is 48.2 Å². The average molecular weight is 501 g/mol. The van der Waals surface area contributed by atoms with E-state index in [2.05, 4.69) is 20.3 Å². The summed E-state index contributed by atoms with van der Waals surface area (Å²) in [7, 11) is 0. The van der Waals surface area contributed by atoms with Crippen LogP contribution in [-0.2, 0) is 17.4 Å². The number of amides is 1. The summed E-state index contributed by atoms with van der Waals surface area (Å²) in [5, 5.41) is 3.52. The summed E-state index contributed by atoms with van der Waals surface area (Å²) in [6, 6.07) is 4.42. The van der Waals surface area contributed by atoms with Gasteiger partial charge in [-0.3, -0.25) is 4.79 Å². The van der Waals surface area contributed by atoms with Gasteiger partial charge in [0.2, 0.25) is 5.91 Å². The molecule has 0 aliphatic carbocycles. The molecule has 36 heavy (non-hydrogen) atoms. The van der Waals surface area contributed by atoms with E-state index in [1.165, 1.54) is 6.92 Å². The van der Waals surface area contributed by atoms with E-state index >= 15 is 0 Å². The van der Waals surface area contributed by atoms with Gasteiger partial charge in [-0.15, -0.1) is 0 Å². The first kappa shape index (κ1) is 24.1. The summed E-state index contributed by atoms with van der Waals surface area (Å²) in [4.78, 5) is 31.3. The molecule has 2 atom stereocenters. The normalized spacial score (nSPS) is 20.2. The zero-order valence-corrected chi connectivity index (χ0v) is 19.7. The molecule has 0 bridgehead atoms. The zero-order chi connectivity index (χ0) is 25.7. The maximum atomic E-state index is 14.3. The molecule has 0 aromatic carbocycles. The van der Waals surface area contributed by atoms with Crippen LogP contribution in [0.2, 0.25) is 0 Å². The monoisotopic (exact) mass is 500 g/mol. The predicted octanol–water partition coefficient (Wildman–Crippen LogP) is 4.53. The number of hydrogen-bond donors (Lipinski definition) is 1. The molecule has 7 nitrogen and oxygen atoms in total. The van der Waals surface area contributed by atoms with Crippen LogP contribution in [0.3, 0.4) is 0 Å². The van der Waals surface area contributed by atoms with Crippen molar-refractivity contribution < 1.29 is 22.4 Å². The number of hydrogen-bond acceptors (Lipinski definition) is 6. The molecule has 1 amide bonds. The topological polar surface area (TPSA) is 83.9 Å². The van der Waals surface area contributed by atoms with Crippen molar-refractivity contribution in [2.45, 2.75) is 50.7 Å². The van der Waals surface area contributed by atoms with Gasteiger partial charge in [0.1, 0.15) is 17.3 Å². The van der Waals surface area contributed by atoms with Gasteiger partial charge in [-0.05, 0) is 56.9 Å². The number of pyridine rings is 2. The van der Waals surface area contributed by atoms with E-state index in [-0.39, 0.29) is 5.56 Å². The van der Waals surface area contributed by atoms with Gasteiger partial charge in [-0.25, -0.2) is 24.3 Å². The smallest absolute Gasteiger partial charge is 0.363 e. The first-order chi connectivity index (χ1) is 17.1. The molecule has 2 aliphatic heterocycles. The Balaban J connectivity index is 1.33. The Bertz CT molecular complexity index is 1320. The van der Waals surface area contributed by atoms with E-state index in [0.29, 0.717) is 37.6 Å². The van der Waals surface area contributed by atoms with Gasteiger partial charge >= 0.3 is 6.18 Å². The fourth-order valence-corrected chi connectivity index (χ4v) is 5.01. The highest BCUT2D eigenvalue weighted by Gasteiger charge is 2.44. The third kappa shape index (κ3) is 4.38. The number of aromatic nitrogens is 4. The number of rotatable bonds is 3. The number of likely N-dealkylation sites (tertiary alicyclic amines) is 1. The summed E-state index contributed by atoms with van der Waals surface area (Å²) in [5.74, 6) is -1.07. The quantitative estimate of drug-likeness (QED) is 0.532. The number of carbonyl (C=O) groups is 1. The van der Waals surface area contributed by atoms with Gasteiger partial charge in [0, 0.05) is 36.6 Å². The van der Waals surface area contributed by atoms with Gasteiger partial charge in [-0.2, -0.15) is 13.2 Å². The number of fused-ring (bicyclic) bond motifs is 1. The van der Waals surface area contributed by atoms with E-state index < -0.39 is 35.1 Å². The summed E-state index contributed by atoms with van der Waals surface area (Å²) >= 11 is 0. The van der Waals surface area contributed by atoms with Gasteiger partial charge in [0.25, 0.3) is 0 Å². The minimum atomic E-state index is -4.72. The van der Waals surface area contributed by atoms with Crippen molar-refractivity contribution in [2.75, 3.05) is 18.4 Å². The van der Waals surface area contributed by atoms with Crippen molar-refractivity contribution in [1.82, 2.24) is 24.8 Å². The van der Waals surface area contributed by atoms with Gasteiger partial charge in [0.05, 0.1) is 23.3 Å². The first-order valence-corrected chi connectivity index (χ1v) is 11.6. The number of aryl methyl sites for hydroxylation is 2. The fourth-order valence-electron chi connectivity index (χ4n) is 5.01. The van der Waals surface area contributed by atoms with Crippen molar-refractivity contribution in [3.63, 3.8) is 0 Å². The lowest BCUT2D eigenvalue weighted by molar-refractivity contribution is -0.141. The van der Waals surface area contributed by atoms with E-state index in [1.54, 1.807) is 23.4 Å². The average Bonchev–Trinajstić information content (AvgIpc) is 3.26. The molecule has 1 saturated heterocycles. The van der Waals surface area contributed by atoms with Crippen molar-refractivity contribution in [1.29, 1.82) is 0 Å². The Morgan fingerprint density at radius 1 is 1.17 bits per heavy atom. The fraction of sp³-hybridized carbons (Fsp3) is 0.400. The second-order valence-corrected chi connectivity index (χ2v) is 9.43. The molecule has 11 heteroatoms. The molecular weight excluding hydrogens is 476 g/mol. The van der Waals surface area contributed by atoms with Crippen LogP contribution in [0.5, 0.6) is 0 Å². The number of halogens is 4. The first-order valence-electron chi connectivity index (χ1n) is 11.6. The second-order valence-electron chi connectivity index (χ2n) is 9.43. The summed E-state index contributed by atoms with van der Waals surface area (Å²) in [5.41, 5.74) is 0.743. The molecule has 188 valence electrons. The Morgan fingerprint density at radius 2 is 1.92 bits per heavy atom. The molecule has 1 spiro atoms. The Morgan fingerprint density at radius 3 is 2.64 bits per heavy atom. The van der Waals surface area contributed by atoms with Crippen LogP contribution >= 0.6 is 0 Å². The maximum absolute atomic E-state index is 14.3. The van der Waals surface area contributed by atoms with E-state index in [0.717, 1.165) is 35.5 Å². The van der Waals surface area contributed by atoms with Crippen molar-refractivity contribution >= 4 is 11.7 Å². The number of anilines is 1. The van der Waals surface area contributed by atoms with Crippen LogP contribution in [0.25, 0.3) is 11.4 Å². The number of carbonyl (C=O) groups excluding carboxylic acids is 1. The van der Waals surface area contributed by atoms with Gasteiger partial charge < -0.3 is 10.2 Å².